The highest BCUT2D eigenvalue weighted by Gasteiger charge is 2.04. The first-order valence-corrected chi connectivity index (χ1v) is 4.47. The van der Waals surface area contributed by atoms with Crippen LogP contribution in [0.1, 0.15) is 0 Å². The summed E-state index contributed by atoms with van der Waals surface area (Å²) in [5.41, 5.74) is 0.502. The molecule has 0 aliphatic rings. The topological polar surface area (TPSA) is 64.1 Å². The summed E-state index contributed by atoms with van der Waals surface area (Å²) in [5.74, 6) is 0.314. The standard InChI is InChI=1S/C11H11N3O2/c1-3-5-10(4-2)16-11(15)14-9-6-7-12-13-8-9/h3-8H,1-2H2,(H,12,14,15)/b10-5+. The Bertz CT molecular complexity index is 412. The van der Waals surface area contributed by atoms with Gasteiger partial charge in [0.15, 0.2) is 0 Å². The lowest BCUT2D eigenvalue weighted by Gasteiger charge is -2.05. The fourth-order valence-corrected chi connectivity index (χ4v) is 0.875. The molecule has 1 rings (SSSR count). The Labute approximate surface area is 93.1 Å². The second kappa shape index (κ2) is 6.13. The molecule has 0 radical (unpaired) electrons. The van der Waals surface area contributed by atoms with Crippen LogP contribution in [-0.4, -0.2) is 16.3 Å². The predicted molar refractivity (Wildman–Crippen MR) is 60.6 cm³/mol. The lowest BCUT2D eigenvalue weighted by Crippen LogP contribution is -2.13. The first kappa shape index (κ1) is 11.6. The highest BCUT2D eigenvalue weighted by atomic mass is 16.6. The summed E-state index contributed by atoms with van der Waals surface area (Å²) in [7, 11) is 0. The van der Waals surface area contributed by atoms with Crippen molar-refractivity contribution in [1.82, 2.24) is 10.2 Å². The van der Waals surface area contributed by atoms with Crippen molar-refractivity contribution in [1.29, 1.82) is 0 Å². The van der Waals surface area contributed by atoms with Crippen molar-refractivity contribution in [3.05, 3.63) is 55.6 Å². The first-order chi connectivity index (χ1) is 7.76. The van der Waals surface area contributed by atoms with Gasteiger partial charge in [-0.3, -0.25) is 5.32 Å². The largest absolute Gasteiger partial charge is 0.417 e. The summed E-state index contributed by atoms with van der Waals surface area (Å²) in [6, 6.07) is 1.60. The van der Waals surface area contributed by atoms with Gasteiger partial charge in [0.25, 0.3) is 0 Å². The first-order valence-electron chi connectivity index (χ1n) is 4.47. The van der Waals surface area contributed by atoms with Gasteiger partial charge in [-0.05, 0) is 18.2 Å². The molecule has 0 saturated carbocycles. The smallest absolute Gasteiger partial charge is 0.410 e. The van der Waals surface area contributed by atoms with Gasteiger partial charge in [-0.2, -0.15) is 10.2 Å². The Morgan fingerprint density at radius 1 is 1.44 bits per heavy atom. The van der Waals surface area contributed by atoms with Crippen LogP contribution in [0.2, 0.25) is 0 Å². The number of nitrogens with zero attached hydrogens (tertiary/aromatic N) is 2. The van der Waals surface area contributed by atoms with Gasteiger partial charge in [0, 0.05) is 0 Å². The minimum Gasteiger partial charge on any atom is -0.410 e. The molecule has 1 heterocycles. The molecule has 0 atom stereocenters. The molecule has 16 heavy (non-hydrogen) atoms. The monoisotopic (exact) mass is 217 g/mol. The highest BCUT2D eigenvalue weighted by Crippen LogP contribution is 2.05. The van der Waals surface area contributed by atoms with E-state index >= 15 is 0 Å². The summed E-state index contributed by atoms with van der Waals surface area (Å²) in [5, 5.41) is 9.66. The molecule has 1 aromatic heterocycles. The van der Waals surface area contributed by atoms with Gasteiger partial charge in [0.1, 0.15) is 5.76 Å². The fourth-order valence-electron chi connectivity index (χ4n) is 0.875. The van der Waals surface area contributed by atoms with Crippen LogP contribution in [0.4, 0.5) is 10.5 Å². The number of hydrogen-bond donors (Lipinski definition) is 1. The lowest BCUT2D eigenvalue weighted by atomic mass is 10.4. The highest BCUT2D eigenvalue weighted by molar-refractivity contribution is 5.85. The molecule has 0 saturated heterocycles. The van der Waals surface area contributed by atoms with Gasteiger partial charge >= 0.3 is 6.09 Å². The van der Waals surface area contributed by atoms with Crippen molar-refractivity contribution in [3.63, 3.8) is 0 Å². The summed E-state index contributed by atoms with van der Waals surface area (Å²) in [4.78, 5) is 11.4. The molecule has 0 aliphatic heterocycles. The van der Waals surface area contributed by atoms with E-state index in [2.05, 4.69) is 28.7 Å². The van der Waals surface area contributed by atoms with Gasteiger partial charge in [-0.1, -0.05) is 19.2 Å². The molecular weight excluding hydrogens is 206 g/mol. The van der Waals surface area contributed by atoms with E-state index in [1.54, 1.807) is 6.07 Å². The molecule has 0 aliphatic carbocycles. The average molecular weight is 217 g/mol. The third-order valence-corrected chi connectivity index (χ3v) is 1.52. The zero-order chi connectivity index (χ0) is 11.8. The van der Waals surface area contributed by atoms with Gasteiger partial charge in [-0.25, -0.2) is 4.79 Å². The second-order valence-corrected chi connectivity index (χ2v) is 2.65. The summed E-state index contributed by atoms with van der Waals surface area (Å²) in [6.45, 7) is 6.98. The van der Waals surface area contributed by atoms with Crippen LogP contribution in [0.5, 0.6) is 0 Å². The molecule has 1 amide bonds. The molecule has 0 spiro atoms. The molecule has 0 aromatic carbocycles. The Morgan fingerprint density at radius 3 is 2.81 bits per heavy atom. The number of allylic oxidation sites excluding steroid dienone is 3. The number of rotatable bonds is 4. The third-order valence-electron chi connectivity index (χ3n) is 1.52. The van der Waals surface area contributed by atoms with E-state index in [0.717, 1.165) is 0 Å². The number of ether oxygens (including phenoxy) is 1. The average Bonchev–Trinajstić information content (AvgIpc) is 2.29. The zero-order valence-electron chi connectivity index (χ0n) is 8.59. The van der Waals surface area contributed by atoms with Crippen molar-refractivity contribution in [3.8, 4) is 0 Å². The number of aromatic nitrogens is 2. The van der Waals surface area contributed by atoms with Crippen molar-refractivity contribution in [2.24, 2.45) is 0 Å². The van der Waals surface area contributed by atoms with Crippen molar-refractivity contribution < 1.29 is 9.53 Å². The molecule has 0 unspecified atom stereocenters. The maximum absolute atomic E-state index is 11.4. The Morgan fingerprint density at radius 2 is 2.25 bits per heavy atom. The third kappa shape index (κ3) is 3.75. The number of amides is 1. The molecule has 1 N–H and O–H groups in total. The van der Waals surface area contributed by atoms with E-state index in [1.165, 1.54) is 30.6 Å². The second-order valence-electron chi connectivity index (χ2n) is 2.65. The Balaban J connectivity index is 2.57. The van der Waals surface area contributed by atoms with E-state index < -0.39 is 6.09 Å². The Hall–Kier alpha value is -2.43. The SMILES string of the molecule is C=C/C=C(\C=C)OC(=O)Nc1ccnnc1. The maximum Gasteiger partial charge on any atom is 0.417 e. The quantitative estimate of drug-likeness (QED) is 0.620. The molecule has 0 bridgehead atoms. The summed E-state index contributed by atoms with van der Waals surface area (Å²) < 4.78 is 4.92. The number of hydrogen-bond acceptors (Lipinski definition) is 4. The summed E-state index contributed by atoms with van der Waals surface area (Å²) in [6.07, 6.45) is 6.68. The molecular formula is C11H11N3O2. The fraction of sp³-hybridized carbons (Fsp3) is 0. The van der Waals surface area contributed by atoms with Crippen LogP contribution < -0.4 is 5.32 Å². The lowest BCUT2D eigenvalue weighted by molar-refractivity contribution is 0.195. The van der Waals surface area contributed by atoms with E-state index in [1.807, 2.05) is 0 Å². The van der Waals surface area contributed by atoms with Gasteiger partial charge in [-0.15, -0.1) is 0 Å². The van der Waals surface area contributed by atoms with Gasteiger partial charge in [0.05, 0.1) is 18.1 Å². The van der Waals surface area contributed by atoms with Crippen molar-refractivity contribution in [2.75, 3.05) is 5.32 Å². The molecule has 0 fully saturated rings. The maximum atomic E-state index is 11.4. The summed E-state index contributed by atoms with van der Waals surface area (Å²) >= 11 is 0. The van der Waals surface area contributed by atoms with Crippen LogP contribution in [-0.2, 0) is 4.74 Å². The van der Waals surface area contributed by atoms with Crippen LogP contribution >= 0.6 is 0 Å². The van der Waals surface area contributed by atoms with Crippen molar-refractivity contribution in [2.45, 2.75) is 0 Å². The predicted octanol–water partition coefficient (Wildman–Crippen LogP) is 2.28. The number of nitrogens with one attached hydrogen (secondary N) is 1. The van der Waals surface area contributed by atoms with Gasteiger partial charge in [0.2, 0.25) is 0 Å². The molecule has 1 aromatic rings. The Kier molecular flexibility index (Phi) is 4.46. The van der Waals surface area contributed by atoms with Gasteiger partial charge < -0.3 is 4.74 Å². The normalized spacial score (nSPS) is 10.4. The number of carbonyl (C=O) groups excluding carboxylic acids is 1. The van der Waals surface area contributed by atoms with E-state index in [9.17, 15) is 4.79 Å². The minimum absolute atomic E-state index is 0.314. The van der Waals surface area contributed by atoms with Crippen LogP contribution in [0.3, 0.4) is 0 Å². The number of anilines is 1. The minimum atomic E-state index is -0.624. The van der Waals surface area contributed by atoms with E-state index in [0.29, 0.717) is 11.4 Å². The molecule has 5 heteroatoms. The van der Waals surface area contributed by atoms with Crippen LogP contribution in [0, 0.1) is 0 Å². The van der Waals surface area contributed by atoms with Crippen molar-refractivity contribution >= 4 is 11.8 Å². The number of carbonyl (C=O) groups is 1. The van der Waals surface area contributed by atoms with E-state index in [-0.39, 0.29) is 0 Å². The zero-order valence-corrected chi connectivity index (χ0v) is 8.59. The molecule has 82 valence electrons. The van der Waals surface area contributed by atoms with Crippen LogP contribution in [0.25, 0.3) is 0 Å². The van der Waals surface area contributed by atoms with E-state index in [4.69, 9.17) is 4.74 Å². The van der Waals surface area contributed by atoms with Crippen LogP contribution in [0.15, 0.2) is 55.6 Å². The molecule has 5 nitrogen and oxygen atoms in total.